The number of methoxy groups -OCH3 is 1. The van der Waals surface area contributed by atoms with Gasteiger partial charge < -0.3 is 4.74 Å². The molecule has 0 aliphatic carbocycles. The zero-order valence-corrected chi connectivity index (χ0v) is 8.47. The quantitative estimate of drug-likeness (QED) is 0.724. The maximum absolute atomic E-state index is 5.64. The largest absolute Gasteiger partial charge is 0.377 e. The standard InChI is InChI=1S/C6H7ClN4OS/c1-12-3-4-8-9-6-11(4)10-5(2-7)13-6/h2-3H2,1H3. The number of halogens is 1. The van der Waals surface area contributed by atoms with Crippen LogP contribution in [0.25, 0.3) is 4.96 Å². The summed E-state index contributed by atoms with van der Waals surface area (Å²) >= 11 is 7.07. The Morgan fingerprint density at radius 2 is 2.38 bits per heavy atom. The number of rotatable bonds is 3. The van der Waals surface area contributed by atoms with Gasteiger partial charge in [0, 0.05) is 7.11 Å². The van der Waals surface area contributed by atoms with E-state index in [-0.39, 0.29) is 0 Å². The second-order valence-corrected chi connectivity index (χ2v) is 3.68. The van der Waals surface area contributed by atoms with Crippen molar-refractivity contribution in [3.63, 3.8) is 0 Å². The maximum Gasteiger partial charge on any atom is 0.234 e. The first-order chi connectivity index (χ1) is 6.35. The SMILES string of the molecule is COCc1nnc2sc(CCl)nn12. The Balaban J connectivity index is 2.46. The lowest BCUT2D eigenvalue weighted by atomic mass is 10.7. The summed E-state index contributed by atoms with van der Waals surface area (Å²) in [5.74, 6) is 1.10. The molecule has 0 aliphatic rings. The molecule has 5 nitrogen and oxygen atoms in total. The van der Waals surface area contributed by atoms with Gasteiger partial charge in [-0.25, -0.2) is 0 Å². The van der Waals surface area contributed by atoms with Crippen molar-refractivity contribution in [3.05, 3.63) is 10.8 Å². The average molecular weight is 219 g/mol. The Labute approximate surface area is 83.3 Å². The predicted molar refractivity (Wildman–Crippen MR) is 48.9 cm³/mol. The Morgan fingerprint density at radius 3 is 3.08 bits per heavy atom. The normalized spacial score (nSPS) is 11.2. The summed E-state index contributed by atoms with van der Waals surface area (Å²) in [7, 11) is 1.61. The first-order valence-electron chi connectivity index (χ1n) is 3.60. The van der Waals surface area contributed by atoms with Crippen LogP contribution in [0.2, 0.25) is 0 Å². The van der Waals surface area contributed by atoms with Gasteiger partial charge in [0.15, 0.2) is 5.82 Å². The van der Waals surface area contributed by atoms with Gasteiger partial charge in [0.2, 0.25) is 4.96 Å². The van der Waals surface area contributed by atoms with Gasteiger partial charge in [-0.2, -0.15) is 9.61 Å². The second-order valence-electron chi connectivity index (χ2n) is 2.37. The summed E-state index contributed by atoms with van der Waals surface area (Å²) in [4.78, 5) is 0.753. The van der Waals surface area contributed by atoms with Crippen molar-refractivity contribution in [1.29, 1.82) is 0 Å². The number of fused-ring (bicyclic) bond motifs is 1. The molecule has 0 amide bonds. The molecule has 0 saturated heterocycles. The molecular weight excluding hydrogens is 212 g/mol. The van der Waals surface area contributed by atoms with Crippen LogP contribution in [-0.4, -0.2) is 26.9 Å². The van der Waals surface area contributed by atoms with Gasteiger partial charge in [0.05, 0.1) is 5.88 Å². The van der Waals surface area contributed by atoms with Crippen LogP contribution in [-0.2, 0) is 17.2 Å². The molecular formula is C6H7ClN4OS. The lowest BCUT2D eigenvalue weighted by molar-refractivity contribution is 0.176. The van der Waals surface area contributed by atoms with Crippen LogP contribution in [0.3, 0.4) is 0 Å². The molecule has 0 fully saturated rings. The van der Waals surface area contributed by atoms with Crippen LogP contribution in [0.15, 0.2) is 0 Å². The molecule has 2 aromatic rings. The van der Waals surface area contributed by atoms with Crippen molar-refractivity contribution in [2.45, 2.75) is 12.5 Å². The van der Waals surface area contributed by atoms with Gasteiger partial charge >= 0.3 is 0 Å². The first-order valence-corrected chi connectivity index (χ1v) is 4.95. The third-order valence-corrected chi connectivity index (χ3v) is 2.80. The van der Waals surface area contributed by atoms with E-state index in [1.165, 1.54) is 11.3 Å². The second kappa shape index (κ2) is 3.57. The molecule has 0 N–H and O–H groups in total. The Hall–Kier alpha value is -0.720. The maximum atomic E-state index is 5.64. The van der Waals surface area contributed by atoms with Crippen LogP contribution in [0.5, 0.6) is 0 Å². The summed E-state index contributed by atoms with van der Waals surface area (Å²) in [5, 5.41) is 12.9. The van der Waals surface area contributed by atoms with E-state index in [0.717, 1.165) is 9.97 Å². The monoisotopic (exact) mass is 218 g/mol. The molecule has 0 saturated carbocycles. The number of aromatic nitrogens is 4. The molecule has 0 spiro atoms. The molecule has 7 heteroatoms. The Bertz CT molecular complexity index is 412. The van der Waals surface area contributed by atoms with Crippen molar-refractivity contribution in [1.82, 2.24) is 19.8 Å². The van der Waals surface area contributed by atoms with Crippen LogP contribution < -0.4 is 0 Å². The first kappa shape index (κ1) is 8.86. The van der Waals surface area contributed by atoms with Crippen LogP contribution in [0.1, 0.15) is 10.8 Å². The number of alkyl halides is 1. The third-order valence-electron chi connectivity index (χ3n) is 1.49. The number of hydrogen-bond donors (Lipinski definition) is 0. The molecule has 2 rings (SSSR count). The van der Waals surface area contributed by atoms with E-state index in [1.54, 1.807) is 11.6 Å². The predicted octanol–water partition coefficient (Wildman–Crippen LogP) is 1.07. The zero-order chi connectivity index (χ0) is 9.26. The highest BCUT2D eigenvalue weighted by molar-refractivity contribution is 7.16. The van der Waals surface area contributed by atoms with Crippen molar-refractivity contribution in [2.24, 2.45) is 0 Å². The molecule has 2 heterocycles. The highest BCUT2D eigenvalue weighted by atomic mass is 35.5. The number of ether oxygens (including phenoxy) is 1. The van der Waals surface area contributed by atoms with Gasteiger partial charge in [0.25, 0.3) is 0 Å². The fraction of sp³-hybridized carbons (Fsp3) is 0.500. The fourth-order valence-electron chi connectivity index (χ4n) is 0.970. The van der Waals surface area contributed by atoms with Crippen molar-refractivity contribution in [2.75, 3.05) is 7.11 Å². The molecule has 13 heavy (non-hydrogen) atoms. The van der Waals surface area contributed by atoms with Crippen molar-refractivity contribution in [3.8, 4) is 0 Å². The van der Waals surface area contributed by atoms with Gasteiger partial charge in [0.1, 0.15) is 11.6 Å². The van der Waals surface area contributed by atoms with E-state index in [9.17, 15) is 0 Å². The molecule has 0 aliphatic heterocycles. The van der Waals surface area contributed by atoms with E-state index < -0.39 is 0 Å². The number of nitrogens with zero attached hydrogens (tertiary/aromatic N) is 4. The molecule has 0 unspecified atom stereocenters. The third kappa shape index (κ3) is 1.52. The molecule has 2 aromatic heterocycles. The summed E-state index contributed by atoms with van der Waals surface area (Å²) in [6, 6.07) is 0. The minimum atomic E-state index is 0.403. The van der Waals surface area contributed by atoms with Crippen molar-refractivity contribution < 1.29 is 4.74 Å². The van der Waals surface area contributed by atoms with E-state index in [2.05, 4.69) is 15.3 Å². The summed E-state index contributed by atoms with van der Waals surface area (Å²) in [6.45, 7) is 0.409. The van der Waals surface area contributed by atoms with Gasteiger partial charge in [-0.05, 0) is 0 Å². The van der Waals surface area contributed by atoms with Gasteiger partial charge in [-0.15, -0.1) is 21.8 Å². The van der Waals surface area contributed by atoms with Crippen molar-refractivity contribution >= 4 is 27.9 Å². The lowest BCUT2D eigenvalue weighted by Gasteiger charge is -1.91. The highest BCUT2D eigenvalue weighted by Gasteiger charge is 2.09. The minimum absolute atomic E-state index is 0.403. The van der Waals surface area contributed by atoms with E-state index >= 15 is 0 Å². The molecule has 0 bridgehead atoms. The average Bonchev–Trinajstić information content (AvgIpc) is 2.67. The molecule has 0 atom stereocenters. The van der Waals surface area contributed by atoms with Gasteiger partial charge in [-0.1, -0.05) is 11.3 Å². The zero-order valence-electron chi connectivity index (χ0n) is 6.90. The van der Waals surface area contributed by atoms with E-state index in [1.807, 2.05) is 0 Å². The van der Waals surface area contributed by atoms with E-state index in [0.29, 0.717) is 18.3 Å². The highest BCUT2D eigenvalue weighted by Crippen LogP contribution is 2.15. The smallest absolute Gasteiger partial charge is 0.234 e. The summed E-state index contributed by atoms with van der Waals surface area (Å²) in [5.41, 5.74) is 0. The summed E-state index contributed by atoms with van der Waals surface area (Å²) in [6.07, 6.45) is 0. The minimum Gasteiger partial charge on any atom is -0.377 e. The van der Waals surface area contributed by atoms with Gasteiger partial charge in [-0.3, -0.25) is 0 Å². The topological polar surface area (TPSA) is 52.3 Å². The Morgan fingerprint density at radius 1 is 1.54 bits per heavy atom. The molecule has 70 valence electrons. The van der Waals surface area contributed by atoms with Crippen LogP contribution in [0.4, 0.5) is 0 Å². The summed E-state index contributed by atoms with van der Waals surface area (Å²) < 4.78 is 6.60. The Kier molecular flexibility index (Phi) is 2.43. The molecule has 0 aromatic carbocycles. The van der Waals surface area contributed by atoms with Crippen LogP contribution >= 0.6 is 22.9 Å². The lowest BCUT2D eigenvalue weighted by Crippen LogP contribution is -1.97. The van der Waals surface area contributed by atoms with E-state index in [4.69, 9.17) is 16.3 Å². The van der Waals surface area contributed by atoms with Crippen LogP contribution in [0, 0.1) is 0 Å². The number of hydrogen-bond acceptors (Lipinski definition) is 5. The molecule has 0 radical (unpaired) electrons. The fourth-order valence-corrected chi connectivity index (χ4v) is 1.89.